The molecule has 1 fully saturated rings. The number of nitrogens with one attached hydrogen (secondary N) is 1. The highest BCUT2D eigenvalue weighted by atomic mass is 19.1. The van der Waals surface area contributed by atoms with Gasteiger partial charge in [-0.25, -0.2) is 4.39 Å². The Morgan fingerprint density at radius 3 is 2.68 bits per heavy atom. The molecule has 0 bridgehead atoms. The number of carbonyl (C=O) groups excluding carboxylic acids is 1. The predicted molar refractivity (Wildman–Crippen MR) is 85.8 cm³/mol. The van der Waals surface area contributed by atoms with E-state index in [4.69, 9.17) is 9.15 Å². The van der Waals surface area contributed by atoms with Crippen LogP contribution in [0.5, 0.6) is 0 Å². The Bertz CT molecular complexity index is 783. The highest BCUT2D eigenvalue weighted by molar-refractivity contribution is 5.91. The number of ether oxygens (including phenoxy) is 1. The van der Waals surface area contributed by atoms with E-state index in [9.17, 15) is 19.3 Å². The van der Waals surface area contributed by atoms with E-state index in [0.717, 1.165) is 11.6 Å². The van der Waals surface area contributed by atoms with E-state index >= 15 is 0 Å². The van der Waals surface area contributed by atoms with Crippen molar-refractivity contribution in [2.24, 2.45) is 0 Å². The molecule has 132 valence electrons. The molecule has 1 amide bonds. The molecule has 1 aliphatic rings. The van der Waals surface area contributed by atoms with Crippen molar-refractivity contribution in [3.63, 3.8) is 0 Å². The summed E-state index contributed by atoms with van der Waals surface area (Å²) in [7, 11) is 0. The van der Waals surface area contributed by atoms with Gasteiger partial charge in [-0.2, -0.15) is 0 Å². The zero-order valence-corrected chi connectivity index (χ0v) is 13.4. The van der Waals surface area contributed by atoms with E-state index < -0.39 is 22.1 Å². The maximum Gasteiger partial charge on any atom is 0.433 e. The van der Waals surface area contributed by atoms with Crippen molar-refractivity contribution in [3.8, 4) is 0 Å². The molecule has 2 aromatic rings. The number of carbonyl (C=O) groups is 1. The molecule has 0 atom stereocenters. The summed E-state index contributed by atoms with van der Waals surface area (Å²) in [6.07, 6.45) is 1.27. The number of halogens is 1. The number of amides is 1. The molecule has 1 aromatic carbocycles. The summed E-state index contributed by atoms with van der Waals surface area (Å²) in [5.41, 5.74) is 0.343. The van der Waals surface area contributed by atoms with E-state index in [-0.39, 0.29) is 18.1 Å². The monoisotopic (exact) mass is 348 g/mol. The summed E-state index contributed by atoms with van der Waals surface area (Å²) in [5, 5.41) is 13.4. The van der Waals surface area contributed by atoms with Crippen LogP contribution in [0.15, 0.2) is 40.8 Å². The van der Waals surface area contributed by atoms with E-state index in [1.54, 1.807) is 6.07 Å². The molecule has 0 aliphatic carbocycles. The van der Waals surface area contributed by atoms with E-state index in [0.29, 0.717) is 26.1 Å². The highest BCUT2D eigenvalue weighted by Crippen LogP contribution is 2.34. The van der Waals surface area contributed by atoms with Gasteiger partial charge in [-0.05, 0) is 36.6 Å². The van der Waals surface area contributed by atoms with Crippen LogP contribution < -0.4 is 5.32 Å². The molecule has 1 aliphatic heterocycles. The normalized spacial score (nSPS) is 16.4. The van der Waals surface area contributed by atoms with Gasteiger partial charge in [0.15, 0.2) is 5.76 Å². The third-order valence-corrected chi connectivity index (χ3v) is 4.47. The maximum atomic E-state index is 13.6. The van der Waals surface area contributed by atoms with Crippen molar-refractivity contribution in [2.45, 2.75) is 18.3 Å². The molecule has 0 spiro atoms. The minimum absolute atomic E-state index is 0.131. The van der Waals surface area contributed by atoms with Crippen LogP contribution in [-0.4, -0.2) is 30.6 Å². The summed E-state index contributed by atoms with van der Waals surface area (Å²) < 4.78 is 23.9. The number of hydrogen-bond acceptors (Lipinski definition) is 5. The molecular weight excluding hydrogens is 331 g/mol. The summed E-state index contributed by atoms with van der Waals surface area (Å²) in [6, 6.07) is 8.70. The lowest BCUT2D eigenvalue weighted by molar-refractivity contribution is -0.402. The fourth-order valence-corrected chi connectivity index (χ4v) is 3.03. The predicted octanol–water partition coefficient (Wildman–Crippen LogP) is 2.81. The lowest BCUT2D eigenvalue weighted by atomic mass is 9.74. The molecule has 1 saturated heterocycles. The van der Waals surface area contributed by atoms with Gasteiger partial charge in [0.05, 0.1) is 6.07 Å². The molecule has 0 unspecified atom stereocenters. The number of rotatable bonds is 5. The minimum atomic E-state index is -0.705. The fourth-order valence-electron chi connectivity index (χ4n) is 3.03. The number of benzene rings is 1. The van der Waals surface area contributed by atoms with E-state index in [2.05, 4.69) is 5.32 Å². The molecule has 2 heterocycles. The number of nitro groups is 1. The van der Waals surface area contributed by atoms with Crippen molar-refractivity contribution < 1.29 is 23.3 Å². The van der Waals surface area contributed by atoms with E-state index in [1.165, 1.54) is 18.2 Å². The second-order valence-corrected chi connectivity index (χ2v) is 5.98. The van der Waals surface area contributed by atoms with Crippen molar-refractivity contribution in [2.75, 3.05) is 19.8 Å². The second-order valence-electron chi connectivity index (χ2n) is 5.98. The Morgan fingerprint density at radius 1 is 1.28 bits per heavy atom. The summed E-state index contributed by atoms with van der Waals surface area (Å²) in [6.45, 7) is 1.28. The SMILES string of the molecule is O=C(NCC1(c2cccc(F)c2)CCOCC1)c1ccc([N+](=O)[O-])o1. The fraction of sp³-hybridized carbons (Fsp3) is 0.353. The Hall–Kier alpha value is -2.74. The zero-order valence-electron chi connectivity index (χ0n) is 13.4. The third kappa shape index (κ3) is 3.69. The van der Waals surface area contributed by atoms with Gasteiger partial charge in [0.1, 0.15) is 10.7 Å². The molecule has 7 nitrogen and oxygen atoms in total. The summed E-state index contributed by atoms with van der Waals surface area (Å²) in [4.78, 5) is 22.2. The lowest BCUT2D eigenvalue weighted by Gasteiger charge is -2.37. The van der Waals surface area contributed by atoms with Crippen LogP contribution in [0.25, 0.3) is 0 Å². The molecule has 25 heavy (non-hydrogen) atoms. The Morgan fingerprint density at radius 2 is 2.04 bits per heavy atom. The Balaban J connectivity index is 1.76. The molecular formula is C17H17FN2O5. The first-order chi connectivity index (χ1) is 12.0. The van der Waals surface area contributed by atoms with Crippen LogP contribution >= 0.6 is 0 Å². The van der Waals surface area contributed by atoms with Crippen LogP contribution in [0.2, 0.25) is 0 Å². The van der Waals surface area contributed by atoms with Crippen molar-refractivity contribution in [3.05, 3.63) is 63.7 Å². The molecule has 1 aromatic heterocycles. The van der Waals surface area contributed by atoms with Crippen molar-refractivity contribution in [1.29, 1.82) is 0 Å². The summed E-state index contributed by atoms with van der Waals surface area (Å²) in [5.74, 6) is -1.50. The van der Waals surface area contributed by atoms with Crippen molar-refractivity contribution in [1.82, 2.24) is 5.32 Å². The second kappa shape index (κ2) is 7.02. The average molecular weight is 348 g/mol. The largest absolute Gasteiger partial charge is 0.433 e. The molecule has 1 N–H and O–H groups in total. The first-order valence-electron chi connectivity index (χ1n) is 7.86. The zero-order chi connectivity index (χ0) is 17.9. The number of nitrogens with zero attached hydrogens (tertiary/aromatic N) is 1. The topological polar surface area (TPSA) is 94.6 Å². The Labute approximate surface area is 142 Å². The van der Waals surface area contributed by atoms with Crippen LogP contribution in [0, 0.1) is 15.9 Å². The standard InChI is InChI=1S/C17H17FN2O5/c18-13-3-1-2-12(10-13)17(6-8-24-9-7-17)11-19-16(21)14-4-5-15(25-14)20(22)23/h1-5,10H,6-9,11H2,(H,19,21). The van der Waals surface area contributed by atoms with Gasteiger partial charge in [-0.3, -0.25) is 14.9 Å². The van der Waals surface area contributed by atoms with Gasteiger partial charge in [0.2, 0.25) is 0 Å². The molecule has 3 rings (SSSR count). The Kier molecular flexibility index (Phi) is 4.80. The van der Waals surface area contributed by atoms with E-state index in [1.807, 2.05) is 6.07 Å². The first kappa shape index (κ1) is 17.1. The number of hydrogen-bond donors (Lipinski definition) is 1. The van der Waals surface area contributed by atoms with Gasteiger partial charge in [0.25, 0.3) is 5.91 Å². The van der Waals surface area contributed by atoms with Crippen LogP contribution in [0.4, 0.5) is 10.3 Å². The number of furan rings is 1. The maximum absolute atomic E-state index is 13.6. The highest BCUT2D eigenvalue weighted by Gasteiger charge is 2.35. The van der Waals surface area contributed by atoms with Gasteiger partial charge in [-0.1, -0.05) is 12.1 Å². The minimum Gasteiger partial charge on any atom is -0.395 e. The van der Waals surface area contributed by atoms with Gasteiger partial charge in [-0.15, -0.1) is 0 Å². The van der Waals surface area contributed by atoms with Gasteiger partial charge >= 0.3 is 5.88 Å². The van der Waals surface area contributed by atoms with Crippen LogP contribution in [0.1, 0.15) is 29.0 Å². The average Bonchev–Trinajstić information content (AvgIpc) is 3.11. The molecule has 0 radical (unpaired) electrons. The van der Waals surface area contributed by atoms with Crippen LogP contribution in [0.3, 0.4) is 0 Å². The lowest BCUT2D eigenvalue weighted by Crippen LogP contribution is -2.44. The van der Waals surface area contributed by atoms with Gasteiger partial charge < -0.3 is 14.5 Å². The summed E-state index contributed by atoms with van der Waals surface area (Å²) >= 11 is 0. The van der Waals surface area contributed by atoms with Crippen molar-refractivity contribution >= 4 is 11.8 Å². The first-order valence-corrected chi connectivity index (χ1v) is 7.86. The van der Waals surface area contributed by atoms with Gasteiger partial charge in [0, 0.05) is 25.2 Å². The van der Waals surface area contributed by atoms with Crippen LogP contribution in [-0.2, 0) is 10.2 Å². The quantitative estimate of drug-likeness (QED) is 0.662. The smallest absolute Gasteiger partial charge is 0.395 e. The third-order valence-electron chi connectivity index (χ3n) is 4.47. The molecule has 0 saturated carbocycles. The molecule has 8 heteroatoms.